The minimum Gasteiger partial charge on any atom is -0.457 e. The van der Waals surface area contributed by atoms with Crippen molar-refractivity contribution in [2.75, 3.05) is 10.8 Å². The van der Waals surface area contributed by atoms with Crippen LogP contribution in [0.1, 0.15) is 56.6 Å². The number of ether oxygens (including phenoxy) is 1. The zero-order valence-electron chi connectivity index (χ0n) is 27.6. The number of rotatable bonds is 13. The molecule has 1 atom stereocenters. The number of para-hydroxylation sites is 1. The average molecular weight is 723 g/mol. The van der Waals surface area contributed by atoms with E-state index in [2.05, 4.69) is 5.32 Å². The highest BCUT2D eigenvalue weighted by Gasteiger charge is 2.34. The second-order valence-electron chi connectivity index (χ2n) is 12.3. The zero-order chi connectivity index (χ0) is 35.0. The molecule has 0 saturated heterocycles. The van der Waals surface area contributed by atoms with Crippen molar-refractivity contribution in [3.63, 3.8) is 0 Å². The number of nitrogens with one attached hydrogen (secondary N) is 1. The second-order valence-corrected chi connectivity index (χ2v) is 14.9. The van der Waals surface area contributed by atoms with Crippen molar-refractivity contribution in [2.24, 2.45) is 0 Å². The van der Waals surface area contributed by atoms with E-state index < -0.39 is 28.5 Å². The van der Waals surface area contributed by atoms with Gasteiger partial charge in [0.05, 0.1) is 20.6 Å². The van der Waals surface area contributed by atoms with Gasteiger partial charge in [-0.05, 0) is 92.4 Å². The Bertz CT molecular complexity index is 1830. The van der Waals surface area contributed by atoms with Gasteiger partial charge in [0, 0.05) is 12.6 Å². The first-order valence-corrected chi connectivity index (χ1v) is 18.7. The van der Waals surface area contributed by atoms with Crippen LogP contribution in [0, 0.1) is 6.92 Å². The molecule has 258 valence electrons. The standard InChI is InChI=1S/C38H41Cl2N3O5S/c1-3-36(38(45)41-29-10-6-4-7-11-29)42(25-28-16-23-34(39)35(40)24-28)37(44)26-43(49(46,47)33-21-14-27(2)15-22-33)30-17-19-32(20-18-30)48-31-12-8-5-9-13-31/h5,8-9,12-24,29,36H,3-4,6-7,10-11,25-26H2,1-2H3,(H,41,45)/t36-/m1/s1. The molecule has 1 aliphatic rings. The van der Waals surface area contributed by atoms with Crippen molar-refractivity contribution in [3.8, 4) is 11.5 Å². The third-order valence-electron chi connectivity index (χ3n) is 8.67. The second kappa shape index (κ2) is 16.6. The molecule has 8 nitrogen and oxygen atoms in total. The summed E-state index contributed by atoms with van der Waals surface area (Å²) >= 11 is 12.5. The highest BCUT2D eigenvalue weighted by atomic mass is 35.5. The van der Waals surface area contributed by atoms with Crippen molar-refractivity contribution >= 4 is 50.7 Å². The van der Waals surface area contributed by atoms with E-state index in [0.717, 1.165) is 42.0 Å². The lowest BCUT2D eigenvalue weighted by molar-refractivity contribution is -0.140. The average Bonchev–Trinajstić information content (AvgIpc) is 3.10. The molecule has 2 amide bonds. The normalized spacial score (nSPS) is 14.1. The molecule has 0 heterocycles. The number of carbonyl (C=O) groups excluding carboxylic acids is 2. The topological polar surface area (TPSA) is 96.0 Å². The summed E-state index contributed by atoms with van der Waals surface area (Å²) in [5.41, 5.74) is 1.82. The van der Waals surface area contributed by atoms with Gasteiger partial charge in [0.15, 0.2) is 0 Å². The van der Waals surface area contributed by atoms with E-state index in [9.17, 15) is 18.0 Å². The first-order valence-electron chi connectivity index (χ1n) is 16.5. The fraction of sp³-hybridized carbons (Fsp3) is 0.316. The fourth-order valence-corrected chi connectivity index (χ4v) is 7.70. The first kappa shape index (κ1) is 36.2. The number of hydrogen-bond acceptors (Lipinski definition) is 5. The van der Waals surface area contributed by atoms with E-state index in [0.29, 0.717) is 33.5 Å². The quantitative estimate of drug-likeness (QED) is 0.149. The predicted molar refractivity (Wildman–Crippen MR) is 195 cm³/mol. The number of nitrogens with zero attached hydrogens (tertiary/aromatic N) is 2. The highest BCUT2D eigenvalue weighted by Crippen LogP contribution is 2.30. The number of sulfonamides is 1. The summed E-state index contributed by atoms with van der Waals surface area (Å²) < 4.78 is 35.5. The van der Waals surface area contributed by atoms with E-state index >= 15 is 0 Å². The number of anilines is 1. The molecule has 0 radical (unpaired) electrons. The smallest absolute Gasteiger partial charge is 0.264 e. The third-order valence-corrected chi connectivity index (χ3v) is 11.2. The van der Waals surface area contributed by atoms with Crippen LogP contribution in [0.4, 0.5) is 5.69 Å². The van der Waals surface area contributed by atoms with Gasteiger partial charge in [0.1, 0.15) is 24.1 Å². The van der Waals surface area contributed by atoms with Gasteiger partial charge in [-0.2, -0.15) is 0 Å². The van der Waals surface area contributed by atoms with Crippen LogP contribution in [-0.2, 0) is 26.2 Å². The maximum absolute atomic E-state index is 14.5. The van der Waals surface area contributed by atoms with Gasteiger partial charge >= 0.3 is 0 Å². The van der Waals surface area contributed by atoms with Crippen molar-refractivity contribution in [2.45, 2.75) is 75.9 Å². The molecule has 0 aliphatic heterocycles. The summed E-state index contributed by atoms with van der Waals surface area (Å²) in [5, 5.41) is 3.83. The van der Waals surface area contributed by atoms with Gasteiger partial charge < -0.3 is 15.0 Å². The molecule has 1 saturated carbocycles. The van der Waals surface area contributed by atoms with Crippen molar-refractivity contribution in [1.29, 1.82) is 0 Å². The SMILES string of the molecule is CC[C@H](C(=O)NC1CCCCC1)N(Cc1ccc(Cl)c(Cl)c1)C(=O)CN(c1ccc(Oc2ccccc2)cc1)S(=O)(=O)c1ccc(C)cc1. The molecule has 49 heavy (non-hydrogen) atoms. The molecular formula is C38H41Cl2N3O5S. The molecule has 4 aromatic carbocycles. The Morgan fingerprint density at radius 2 is 1.51 bits per heavy atom. The van der Waals surface area contributed by atoms with Gasteiger partial charge in [0.25, 0.3) is 10.0 Å². The number of halogens is 2. The summed E-state index contributed by atoms with van der Waals surface area (Å²) in [6, 6.07) is 26.4. The third kappa shape index (κ3) is 9.35. The molecule has 0 unspecified atom stereocenters. The lowest BCUT2D eigenvalue weighted by Gasteiger charge is -2.34. The summed E-state index contributed by atoms with van der Waals surface area (Å²) in [6.45, 7) is 3.18. The molecule has 1 N–H and O–H groups in total. The Labute approximate surface area is 299 Å². The highest BCUT2D eigenvalue weighted by molar-refractivity contribution is 7.92. The summed E-state index contributed by atoms with van der Waals surface area (Å²) in [6.07, 6.45) is 5.30. The van der Waals surface area contributed by atoms with Crippen LogP contribution >= 0.6 is 23.2 Å². The fourth-order valence-electron chi connectivity index (χ4n) is 5.97. The van der Waals surface area contributed by atoms with Crippen LogP contribution in [-0.4, -0.2) is 43.8 Å². The molecule has 0 spiro atoms. The van der Waals surface area contributed by atoms with Gasteiger partial charge in [-0.15, -0.1) is 0 Å². The van der Waals surface area contributed by atoms with Crippen molar-refractivity contribution in [1.82, 2.24) is 10.2 Å². The molecule has 5 rings (SSSR count). The van der Waals surface area contributed by atoms with Crippen LogP contribution in [0.3, 0.4) is 0 Å². The first-order chi connectivity index (χ1) is 23.5. The lowest BCUT2D eigenvalue weighted by atomic mass is 9.95. The molecule has 11 heteroatoms. The predicted octanol–water partition coefficient (Wildman–Crippen LogP) is 8.55. The maximum Gasteiger partial charge on any atom is 0.264 e. The van der Waals surface area contributed by atoms with E-state index in [1.807, 2.05) is 44.2 Å². The van der Waals surface area contributed by atoms with Crippen LogP contribution in [0.5, 0.6) is 11.5 Å². The van der Waals surface area contributed by atoms with Crippen LogP contribution in [0.15, 0.2) is 102 Å². The molecule has 1 fully saturated rings. The van der Waals surface area contributed by atoms with E-state index in [4.69, 9.17) is 27.9 Å². The Morgan fingerprint density at radius 3 is 2.14 bits per heavy atom. The summed E-state index contributed by atoms with van der Waals surface area (Å²) in [5.74, 6) is 0.320. The number of benzene rings is 4. The summed E-state index contributed by atoms with van der Waals surface area (Å²) in [4.78, 5) is 29.8. The summed E-state index contributed by atoms with van der Waals surface area (Å²) in [7, 11) is -4.23. The molecular weight excluding hydrogens is 681 g/mol. The van der Waals surface area contributed by atoms with Crippen LogP contribution in [0.2, 0.25) is 10.0 Å². The molecule has 1 aliphatic carbocycles. The Morgan fingerprint density at radius 1 is 0.857 bits per heavy atom. The monoisotopic (exact) mass is 721 g/mol. The number of hydrogen-bond donors (Lipinski definition) is 1. The van der Waals surface area contributed by atoms with Crippen molar-refractivity contribution in [3.05, 3.63) is 118 Å². The maximum atomic E-state index is 14.5. The van der Waals surface area contributed by atoms with E-state index in [1.54, 1.807) is 54.6 Å². The Kier molecular flexibility index (Phi) is 12.3. The number of amides is 2. The Balaban J connectivity index is 1.49. The number of carbonyl (C=O) groups is 2. The van der Waals surface area contributed by atoms with Gasteiger partial charge in [0.2, 0.25) is 11.8 Å². The van der Waals surface area contributed by atoms with Gasteiger partial charge in [-0.3, -0.25) is 13.9 Å². The van der Waals surface area contributed by atoms with E-state index in [1.165, 1.54) is 17.0 Å². The van der Waals surface area contributed by atoms with Gasteiger partial charge in [-0.25, -0.2) is 8.42 Å². The van der Waals surface area contributed by atoms with Crippen LogP contribution < -0.4 is 14.4 Å². The minimum absolute atomic E-state index is 0.0224. The molecule has 0 bridgehead atoms. The zero-order valence-corrected chi connectivity index (χ0v) is 30.0. The van der Waals surface area contributed by atoms with Crippen molar-refractivity contribution < 1.29 is 22.7 Å². The lowest BCUT2D eigenvalue weighted by Crippen LogP contribution is -2.54. The van der Waals surface area contributed by atoms with Gasteiger partial charge in [-0.1, -0.05) is 91.3 Å². The minimum atomic E-state index is -4.23. The molecule has 0 aromatic heterocycles. The number of aryl methyl sites for hydroxylation is 1. The molecule has 4 aromatic rings. The Hall–Kier alpha value is -4.05. The van der Waals surface area contributed by atoms with E-state index in [-0.39, 0.29) is 29.1 Å². The van der Waals surface area contributed by atoms with Crippen LogP contribution in [0.25, 0.3) is 0 Å². The largest absolute Gasteiger partial charge is 0.457 e.